The van der Waals surface area contributed by atoms with Crippen molar-refractivity contribution in [2.45, 2.75) is 25.9 Å². The Hall–Kier alpha value is -3.06. The van der Waals surface area contributed by atoms with E-state index >= 15 is 0 Å². The molecule has 0 bridgehead atoms. The van der Waals surface area contributed by atoms with Crippen LogP contribution in [0, 0.1) is 6.92 Å². The van der Waals surface area contributed by atoms with Gasteiger partial charge in [0, 0.05) is 23.9 Å². The molecule has 1 fully saturated rings. The van der Waals surface area contributed by atoms with E-state index in [0.717, 1.165) is 30.7 Å². The first-order valence-electron chi connectivity index (χ1n) is 9.88. The van der Waals surface area contributed by atoms with Crippen LogP contribution in [0.4, 0.5) is 5.69 Å². The van der Waals surface area contributed by atoms with Gasteiger partial charge in [-0.05, 0) is 44.0 Å². The molecule has 1 amide bonds. The summed E-state index contributed by atoms with van der Waals surface area (Å²) < 4.78 is 16.8. The minimum atomic E-state index is -0.221. The minimum absolute atomic E-state index is 0.0864. The first kappa shape index (κ1) is 19.3. The van der Waals surface area contributed by atoms with Crippen molar-refractivity contribution in [1.29, 1.82) is 0 Å². The zero-order valence-corrected chi connectivity index (χ0v) is 16.4. The number of aliphatic imine (C=N–C) groups is 1. The van der Waals surface area contributed by atoms with Crippen LogP contribution in [0.1, 0.15) is 28.8 Å². The highest BCUT2D eigenvalue weighted by Gasteiger charge is 2.17. The standard InChI is InChI=1S/C22H25N3O4/c1-15-4-6-16(7-5-15)21(26)25-22(23-14-18-3-2-10-27-18)24-17-8-9-19-20(13-17)29-12-11-28-19/h4-9,13,18H,2-3,10-12,14H2,1H3,(H2,23,24,25,26). The molecule has 0 spiro atoms. The predicted octanol–water partition coefficient (Wildman–Crippen LogP) is 3.14. The van der Waals surface area contributed by atoms with Crippen LogP contribution in [0.3, 0.4) is 0 Å². The van der Waals surface area contributed by atoms with Gasteiger partial charge in [0.15, 0.2) is 11.5 Å². The molecular weight excluding hydrogens is 370 g/mol. The Morgan fingerprint density at radius 3 is 2.62 bits per heavy atom. The van der Waals surface area contributed by atoms with Crippen molar-refractivity contribution < 1.29 is 19.0 Å². The van der Waals surface area contributed by atoms with E-state index in [0.29, 0.717) is 42.8 Å². The Morgan fingerprint density at radius 2 is 1.86 bits per heavy atom. The van der Waals surface area contributed by atoms with Gasteiger partial charge in [0.1, 0.15) is 13.2 Å². The number of rotatable bonds is 4. The number of carbonyl (C=O) groups is 1. The van der Waals surface area contributed by atoms with Crippen molar-refractivity contribution >= 4 is 17.6 Å². The van der Waals surface area contributed by atoms with Crippen molar-refractivity contribution in [1.82, 2.24) is 5.32 Å². The second kappa shape index (κ2) is 8.96. The molecule has 0 saturated carbocycles. The first-order valence-corrected chi connectivity index (χ1v) is 9.88. The summed E-state index contributed by atoms with van der Waals surface area (Å²) in [5.41, 5.74) is 2.43. The topological polar surface area (TPSA) is 81.2 Å². The summed E-state index contributed by atoms with van der Waals surface area (Å²) in [7, 11) is 0. The fourth-order valence-corrected chi connectivity index (χ4v) is 3.23. The number of carbonyl (C=O) groups excluding carboxylic acids is 1. The Kier molecular flexibility index (Phi) is 5.95. The van der Waals surface area contributed by atoms with Crippen molar-refractivity contribution in [2.24, 2.45) is 4.99 Å². The van der Waals surface area contributed by atoms with E-state index in [2.05, 4.69) is 15.6 Å². The molecule has 1 atom stereocenters. The highest BCUT2D eigenvalue weighted by atomic mass is 16.6. The molecule has 2 aliphatic heterocycles. The molecule has 4 rings (SSSR count). The lowest BCUT2D eigenvalue weighted by atomic mass is 10.1. The summed E-state index contributed by atoms with van der Waals surface area (Å²) in [5, 5.41) is 6.07. The van der Waals surface area contributed by atoms with E-state index in [1.807, 2.05) is 37.3 Å². The predicted molar refractivity (Wildman–Crippen MR) is 111 cm³/mol. The third-order valence-corrected chi connectivity index (χ3v) is 4.83. The Bertz CT molecular complexity index is 889. The number of nitrogens with zero attached hydrogens (tertiary/aromatic N) is 1. The van der Waals surface area contributed by atoms with Crippen molar-refractivity contribution in [3.8, 4) is 11.5 Å². The molecule has 0 aromatic heterocycles. The number of nitrogens with one attached hydrogen (secondary N) is 2. The Morgan fingerprint density at radius 1 is 1.07 bits per heavy atom. The average molecular weight is 395 g/mol. The second-order valence-corrected chi connectivity index (χ2v) is 7.13. The summed E-state index contributed by atoms with van der Waals surface area (Å²) in [5.74, 6) is 1.54. The normalized spacial score (nSPS) is 18.4. The number of hydrogen-bond acceptors (Lipinski definition) is 5. The van der Waals surface area contributed by atoms with Crippen molar-refractivity contribution in [2.75, 3.05) is 31.7 Å². The quantitative estimate of drug-likeness (QED) is 0.614. The highest BCUT2D eigenvalue weighted by molar-refractivity contribution is 6.10. The van der Waals surface area contributed by atoms with Crippen LogP contribution in [0.15, 0.2) is 47.5 Å². The molecule has 2 aliphatic rings. The fourth-order valence-electron chi connectivity index (χ4n) is 3.23. The maximum Gasteiger partial charge on any atom is 0.257 e. The molecule has 2 heterocycles. The summed E-state index contributed by atoms with van der Waals surface area (Å²) in [6, 6.07) is 13.0. The molecule has 2 aromatic carbocycles. The molecule has 152 valence electrons. The van der Waals surface area contributed by atoms with E-state index in [9.17, 15) is 4.79 Å². The highest BCUT2D eigenvalue weighted by Crippen LogP contribution is 2.32. The zero-order chi connectivity index (χ0) is 20.1. The third-order valence-electron chi connectivity index (χ3n) is 4.83. The van der Waals surface area contributed by atoms with Crippen LogP contribution < -0.4 is 20.1 Å². The van der Waals surface area contributed by atoms with Crippen LogP contribution in [0.25, 0.3) is 0 Å². The molecule has 2 N–H and O–H groups in total. The fraction of sp³-hybridized carbons (Fsp3) is 0.364. The van der Waals surface area contributed by atoms with Gasteiger partial charge in [-0.3, -0.25) is 10.1 Å². The number of fused-ring (bicyclic) bond motifs is 1. The van der Waals surface area contributed by atoms with Gasteiger partial charge in [-0.15, -0.1) is 0 Å². The molecule has 7 nitrogen and oxygen atoms in total. The van der Waals surface area contributed by atoms with Gasteiger partial charge in [0.05, 0.1) is 12.6 Å². The van der Waals surface area contributed by atoms with Gasteiger partial charge >= 0.3 is 0 Å². The number of hydrogen-bond donors (Lipinski definition) is 2. The summed E-state index contributed by atoms with van der Waals surface area (Å²) in [6.07, 6.45) is 2.11. The number of anilines is 1. The number of amides is 1. The lowest BCUT2D eigenvalue weighted by molar-refractivity contribution is 0.0975. The van der Waals surface area contributed by atoms with Gasteiger partial charge in [-0.2, -0.15) is 0 Å². The summed E-state index contributed by atoms with van der Waals surface area (Å²) >= 11 is 0. The van der Waals surface area contributed by atoms with Crippen molar-refractivity contribution in [3.05, 3.63) is 53.6 Å². The summed E-state index contributed by atoms with van der Waals surface area (Å²) in [4.78, 5) is 17.3. The van der Waals surface area contributed by atoms with Crippen LogP contribution in [-0.2, 0) is 4.74 Å². The maximum absolute atomic E-state index is 12.7. The lowest BCUT2D eigenvalue weighted by Gasteiger charge is -2.19. The zero-order valence-electron chi connectivity index (χ0n) is 16.4. The SMILES string of the molecule is Cc1ccc(C(=O)NC(=NCC2CCCO2)Nc2ccc3c(c2)OCCO3)cc1. The largest absolute Gasteiger partial charge is 0.486 e. The molecule has 29 heavy (non-hydrogen) atoms. The smallest absolute Gasteiger partial charge is 0.257 e. The monoisotopic (exact) mass is 395 g/mol. The van der Waals surface area contributed by atoms with Crippen LogP contribution in [-0.4, -0.2) is 44.3 Å². The Balaban J connectivity index is 1.50. The lowest BCUT2D eigenvalue weighted by Crippen LogP contribution is -2.36. The summed E-state index contributed by atoms with van der Waals surface area (Å²) in [6.45, 7) is 4.29. The molecule has 2 aromatic rings. The number of benzene rings is 2. The molecule has 7 heteroatoms. The number of ether oxygens (including phenoxy) is 3. The molecule has 0 radical (unpaired) electrons. The molecule has 1 saturated heterocycles. The first-order chi connectivity index (χ1) is 14.2. The number of aryl methyl sites for hydroxylation is 1. The maximum atomic E-state index is 12.7. The van der Waals surface area contributed by atoms with E-state index < -0.39 is 0 Å². The van der Waals surface area contributed by atoms with E-state index in [4.69, 9.17) is 14.2 Å². The minimum Gasteiger partial charge on any atom is -0.486 e. The van der Waals surface area contributed by atoms with Gasteiger partial charge in [-0.25, -0.2) is 4.99 Å². The van der Waals surface area contributed by atoms with Gasteiger partial charge < -0.3 is 19.5 Å². The Labute approximate surface area is 170 Å². The third kappa shape index (κ3) is 5.06. The van der Waals surface area contributed by atoms with Crippen LogP contribution in [0.2, 0.25) is 0 Å². The van der Waals surface area contributed by atoms with E-state index in [1.54, 1.807) is 12.1 Å². The van der Waals surface area contributed by atoms with E-state index in [-0.39, 0.29) is 12.0 Å². The van der Waals surface area contributed by atoms with E-state index in [1.165, 1.54) is 0 Å². The second-order valence-electron chi connectivity index (χ2n) is 7.13. The average Bonchev–Trinajstić information content (AvgIpc) is 3.26. The van der Waals surface area contributed by atoms with Gasteiger partial charge in [0.2, 0.25) is 5.96 Å². The molecule has 1 unspecified atom stereocenters. The van der Waals surface area contributed by atoms with Crippen molar-refractivity contribution in [3.63, 3.8) is 0 Å². The molecule has 0 aliphatic carbocycles. The molecular formula is C22H25N3O4. The van der Waals surface area contributed by atoms with Crippen LogP contribution >= 0.6 is 0 Å². The van der Waals surface area contributed by atoms with Gasteiger partial charge in [0.25, 0.3) is 5.91 Å². The number of guanidine groups is 1. The van der Waals surface area contributed by atoms with Crippen LogP contribution in [0.5, 0.6) is 11.5 Å². The van der Waals surface area contributed by atoms with Gasteiger partial charge in [-0.1, -0.05) is 17.7 Å².